The predicted molar refractivity (Wildman–Crippen MR) is 81.8 cm³/mol. The largest absolute Gasteiger partial charge is 0.345 e. The van der Waals surface area contributed by atoms with Crippen molar-refractivity contribution in [2.75, 3.05) is 6.54 Å². The fourth-order valence-corrected chi connectivity index (χ4v) is 3.18. The summed E-state index contributed by atoms with van der Waals surface area (Å²) in [5.41, 5.74) is 2.13. The minimum atomic E-state index is -0.437. The van der Waals surface area contributed by atoms with E-state index >= 15 is 0 Å². The van der Waals surface area contributed by atoms with Crippen LogP contribution in [0.2, 0.25) is 0 Å². The van der Waals surface area contributed by atoms with Gasteiger partial charge in [0.1, 0.15) is 6.04 Å². The Bertz CT molecular complexity index is 625. The minimum absolute atomic E-state index is 0.0262. The fourth-order valence-electron chi connectivity index (χ4n) is 2.52. The summed E-state index contributed by atoms with van der Waals surface area (Å²) in [7, 11) is 0. The Kier molecular flexibility index (Phi) is 4.01. The molecule has 2 aromatic rings. The van der Waals surface area contributed by atoms with E-state index in [1.54, 1.807) is 16.2 Å². The van der Waals surface area contributed by atoms with Gasteiger partial charge in [0.25, 0.3) is 0 Å². The Labute approximate surface area is 127 Å². The highest BCUT2D eigenvalue weighted by Gasteiger charge is 2.34. The maximum absolute atomic E-state index is 12.2. The number of nitrogens with zero attached hydrogens (tertiary/aromatic N) is 1. The molecule has 3 rings (SSSR count). The number of thiophene rings is 1. The van der Waals surface area contributed by atoms with Crippen molar-refractivity contribution in [2.24, 2.45) is 0 Å². The number of nitrogens with one attached hydrogen (secondary N) is 1. The molecular formula is C16H16N2O2S. The third kappa shape index (κ3) is 3.13. The molecule has 2 heterocycles. The normalized spacial score (nSPS) is 18.7. The van der Waals surface area contributed by atoms with Crippen LogP contribution in [-0.2, 0) is 22.6 Å². The van der Waals surface area contributed by atoms with Crippen LogP contribution in [0.3, 0.4) is 0 Å². The van der Waals surface area contributed by atoms with Crippen LogP contribution in [0.4, 0.5) is 0 Å². The summed E-state index contributed by atoms with van der Waals surface area (Å²) in [4.78, 5) is 26.1. The van der Waals surface area contributed by atoms with Crippen LogP contribution in [0.1, 0.15) is 11.1 Å². The molecule has 1 atom stereocenters. The molecule has 1 saturated heterocycles. The summed E-state index contributed by atoms with van der Waals surface area (Å²) in [5.74, 6) is -0.101. The lowest BCUT2D eigenvalue weighted by atomic mass is 10.0. The number of carbonyl (C=O) groups excluding carboxylic acids is 2. The van der Waals surface area contributed by atoms with Gasteiger partial charge in [-0.25, -0.2) is 0 Å². The summed E-state index contributed by atoms with van der Waals surface area (Å²) in [6.45, 7) is 0.585. The van der Waals surface area contributed by atoms with Gasteiger partial charge >= 0.3 is 0 Å². The highest BCUT2D eigenvalue weighted by molar-refractivity contribution is 7.07. The molecule has 0 bridgehead atoms. The fraction of sp³-hybridized carbons (Fsp3) is 0.250. The van der Waals surface area contributed by atoms with Crippen molar-refractivity contribution in [1.29, 1.82) is 0 Å². The average Bonchev–Trinajstić information content (AvgIpc) is 3.01. The topological polar surface area (TPSA) is 49.4 Å². The third-order valence-electron chi connectivity index (χ3n) is 3.62. The number of benzene rings is 1. The minimum Gasteiger partial charge on any atom is -0.345 e. The molecule has 1 aromatic heterocycles. The van der Waals surface area contributed by atoms with E-state index in [1.165, 1.54) is 0 Å². The van der Waals surface area contributed by atoms with Crippen molar-refractivity contribution >= 4 is 23.2 Å². The zero-order valence-electron chi connectivity index (χ0n) is 11.5. The number of hydrogen-bond donors (Lipinski definition) is 1. The first-order valence-electron chi connectivity index (χ1n) is 6.86. The van der Waals surface area contributed by atoms with E-state index in [2.05, 4.69) is 5.32 Å². The summed E-state index contributed by atoms with van der Waals surface area (Å²) in [6, 6.07) is 11.4. The molecule has 0 radical (unpaired) electrons. The standard InChI is InChI=1S/C16H16N2O2S/c19-15-9-17-16(20)14(8-12-4-2-1-3-5-12)18(15)10-13-6-7-21-11-13/h1-7,11,14H,8-10H2,(H,17,20). The van der Waals surface area contributed by atoms with Crippen LogP contribution in [0.15, 0.2) is 47.2 Å². The van der Waals surface area contributed by atoms with Gasteiger partial charge in [0, 0.05) is 13.0 Å². The van der Waals surface area contributed by atoms with E-state index in [1.807, 2.05) is 47.2 Å². The van der Waals surface area contributed by atoms with E-state index in [9.17, 15) is 9.59 Å². The lowest BCUT2D eigenvalue weighted by Gasteiger charge is -2.35. The molecule has 1 aromatic carbocycles. The van der Waals surface area contributed by atoms with Gasteiger partial charge in [0.15, 0.2) is 0 Å². The first-order chi connectivity index (χ1) is 10.2. The molecule has 1 unspecified atom stereocenters. The van der Waals surface area contributed by atoms with E-state index in [0.29, 0.717) is 13.0 Å². The Balaban J connectivity index is 1.82. The summed E-state index contributed by atoms with van der Waals surface area (Å²) < 4.78 is 0. The molecule has 1 fully saturated rings. The molecule has 0 aliphatic carbocycles. The number of amides is 2. The van der Waals surface area contributed by atoms with Crippen LogP contribution >= 0.6 is 11.3 Å². The summed E-state index contributed by atoms with van der Waals surface area (Å²) >= 11 is 1.60. The highest BCUT2D eigenvalue weighted by Crippen LogP contribution is 2.17. The van der Waals surface area contributed by atoms with E-state index in [-0.39, 0.29) is 18.4 Å². The van der Waals surface area contributed by atoms with Gasteiger partial charge < -0.3 is 10.2 Å². The van der Waals surface area contributed by atoms with Crippen LogP contribution in [0.5, 0.6) is 0 Å². The molecule has 0 saturated carbocycles. The number of piperazine rings is 1. The highest BCUT2D eigenvalue weighted by atomic mass is 32.1. The lowest BCUT2D eigenvalue weighted by Crippen LogP contribution is -2.58. The maximum atomic E-state index is 12.2. The van der Waals surface area contributed by atoms with Crippen molar-refractivity contribution < 1.29 is 9.59 Å². The Morgan fingerprint density at radius 2 is 1.95 bits per heavy atom. The van der Waals surface area contributed by atoms with Crippen LogP contribution in [0, 0.1) is 0 Å². The molecule has 2 amide bonds. The van der Waals surface area contributed by atoms with E-state index < -0.39 is 6.04 Å². The third-order valence-corrected chi connectivity index (χ3v) is 4.35. The predicted octanol–water partition coefficient (Wildman–Crippen LogP) is 1.82. The average molecular weight is 300 g/mol. The van der Waals surface area contributed by atoms with Gasteiger partial charge in [0.05, 0.1) is 6.54 Å². The second-order valence-corrected chi connectivity index (χ2v) is 5.86. The van der Waals surface area contributed by atoms with Crippen LogP contribution in [0.25, 0.3) is 0 Å². The molecular weight excluding hydrogens is 284 g/mol. The SMILES string of the molecule is O=C1NCC(=O)N(Cc2ccsc2)C1Cc1ccccc1. The van der Waals surface area contributed by atoms with Crippen LogP contribution < -0.4 is 5.32 Å². The first-order valence-corrected chi connectivity index (χ1v) is 7.80. The smallest absolute Gasteiger partial charge is 0.243 e. The molecule has 0 spiro atoms. The molecule has 21 heavy (non-hydrogen) atoms. The van der Waals surface area contributed by atoms with Gasteiger partial charge in [-0.1, -0.05) is 30.3 Å². The molecule has 5 heteroatoms. The van der Waals surface area contributed by atoms with Gasteiger partial charge in [-0.15, -0.1) is 0 Å². The van der Waals surface area contributed by atoms with Gasteiger partial charge in [-0.05, 0) is 28.0 Å². The number of carbonyl (C=O) groups is 2. The zero-order valence-corrected chi connectivity index (χ0v) is 12.3. The summed E-state index contributed by atoms with van der Waals surface area (Å²) in [6.07, 6.45) is 0.544. The van der Waals surface area contributed by atoms with Crippen molar-refractivity contribution in [2.45, 2.75) is 19.0 Å². The molecule has 1 aliphatic heterocycles. The zero-order chi connectivity index (χ0) is 14.7. The maximum Gasteiger partial charge on any atom is 0.243 e. The first kappa shape index (κ1) is 13.8. The molecule has 4 nitrogen and oxygen atoms in total. The molecule has 108 valence electrons. The Morgan fingerprint density at radius 1 is 1.14 bits per heavy atom. The lowest BCUT2D eigenvalue weighted by molar-refractivity contribution is -0.146. The number of rotatable bonds is 4. The van der Waals surface area contributed by atoms with Gasteiger partial charge in [0.2, 0.25) is 11.8 Å². The van der Waals surface area contributed by atoms with Crippen LogP contribution in [-0.4, -0.2) is 29.3 Å². The summed E-state index contributed by atoms with van der Waals surface area (Å²) in [5, 5.41) is 6.68. The molecule has 1 aliphatic rings. The Morgan fingerprint density at radius 3 is 2.67 bits per heavy atom. The van der Waals surface area contributed by atoms with Crippen molar-refractivity contribution in [3.8, 4) is 0 Å². The monoisotopic (exact) mass is 300 g/mol. The van der Waals surface area contributed by atoms with Crippen molar-refractivity contribution in [1.82, 2.24) is 10.2 Å². The van der Waals surface area contributed by atoms with Crippen molar-refractivity contribution in [3.63, 3.8) is 0 Å². The molecule has 1 N–H and O–H groups in total. The second kappa shape index (κ2) is 6.10. The van der Waals surface area contributed by atoms with E-state index in [0.717, 1.165) is 11.1 Å². The van der Waals surface area contributed by atoms with Crippen molar-refractivity contribution in [3.05, 3.63) is 58.3 Å². The quantitative estimate of drug-likeness (QED) is 0.936. The second-order valence-electron chi connectivity index (χ2n) is 5.08. The van der Waals surface area contributed by atoms with Gasteiger partial charge in [-0.3, -0.25) is 9.59 Å². The van der Waals surface area contributed by atoms with E-state index in [4.69, 9.17) is 0 Å². The Hall–Kier alpha value is -2.14. The number of hydrogen-bond acceptors (Lipinski definition) is 3. The van der Waals surface area contributed by atoms with Gasteiger partial charge in [-0.2, -0.15) is 11.3 Å².